The summed E-state index contributed by atoms with van der Waals surface area (Å²) in [5.74, 6) is -0.0775. The van der Waals surface area contributed by atoms with E-state index in [4.69, 9.17) is 4.74 Å². The van der Waals surface area contributed by atoms with Crippen molar-refractivity contribution in [1.82, 2.24) is 0 Å². The molecular formula is C15H12FNO2. The molecule has 0 spiro atoms. The molecule has 1 heterocycles. The van der Waals surface area contributed by atoms with E-state index >= 15 is 0 Å². The summed E-state index contributed by atoms with van der Waals surface area (Å²) in [4.78, 5) is 13.6. The molecule has 19 heavy (non-hydrogen) atoms. The first-order chi connectivity index (χ1) is 9.24. The summed E-state index contributed by atoms with van der Waals surface area (Å²) >= 11 is 0. The molecule has 0 bridgehead atoms. The molecule has 0 saturated heterocycles. The van der Waals surface area contributed by atoms with Gasteiger partial charge in [0.25, 0.3) is 5.91 Å². The fourth-order valence-electron chi connectivity index (χ4n) is 2.12. The second-order valence-electron chi connectivity index (χ2n) is 4.37. The summed E-state index contributed by atoms with van der Waals surface area (Å²) in [6, 6.07) is 13.9. The van der Waals surface area contributed by atoms with Crippen molar-refractivity contribution in [3.8, 4) is 5.75 Å². The van der Waals surface area contributed by atoms with Gasteiger partial charge in [-0.2, -0.15) is 0 Å². The summed E-state index contributed by atoms with van der Waals surface area (Å²) < 4.78 is 18.4. The van der Waals surface area contributed by atoms with Crippen LogP contribution in [0.4, 0.5) is 10.1 Å². The van der Waals surface area contributed by atoms with Gasteiger partial charge in [0.05, 0.1) is 12.2 Å². The van der Waals surface area contributed by atoms with Crippen LogP contribution in [0.25, 0.3) is 0 Å². The Morgan fingerprint density at radius 1 is 1.16 bits per heavy atom. The van der Waals surface area contributed by atoms with Crippen LogP contribution in [-0.4, -0.2) is 12.5 Å². The Morgan fingerprint density at radius 3 is 2.74 bits per heavy atom. The Kier molecular flexibility index (Phi) is 2.91. The molecule has 0 N–H and O–H groups in total. The number of hydrogen-bond donors (Lipinski definition) is 0. The van der Waals surface area contributed by atoms with Crippen LogP contribution < -0.4 is 9.64 Å². The van der Waals surface area contributed by atoms with E-state index in [1.807, 2.05) is 30.3 Å². The molecule has 2 aromatic carbocycles. The zero-order valence-electron chi connectivity index (χ0n) is 10.2. The maximum absolute atomic E-state index is 13.2. The first kappa shape index (κ1) is 11.7. The van der Waals surface area contributed by atoms with Gasteiger partial charge in [-0.3, -0.25) is 4.79 Å². The van der Waals surface area contributed by atoms with Crippen LogP contribution in [0.1, 0.15) is 5.56 Å². The number of hydrogen-bond acceptors (Lipinski definition) is 2. The van der Waals surface area contributed by atoms with Gasteiger partial charge in [-0.25, -0.2) is 4.39 Å². The number of anilines is 1. The van der Waals surface area contributed by atoms with Crippen LogP contribution in [0.15, 0.2) is 48.5 Å². The van der Waals surface area contributed by atoms with Crippen LogP contribution in [0.3, 0.4) is 0 Å². The van der Waals surface area contributed by atoms with E-state index in [2.05, 4.69) is 0 Å². The van der Waals surface area contributed by atoms with Crippen LogP contribution in [0.5, 0.6) is 5.75 Å². The fourth-order valence-corrected chi connectivity index (χ4v) is 2.12. The highest BCUT2D eigenvalue weighted by atomic mass is 19.1. The molecule has 2 aromatic rings. The van der Waals surface area contributed by atoms with Crippen LogP contribution in [0.2, 0.25) is 0 Å². The van der Waals surface area contributed by atoms with Gasteiger partial charge in [0.15, 0.2) is 6.61 Å². The highest BCUT2D eigenvalue weighted by Gasteiger charge is 2.25. The molecule has 0 radical (unpaired) electrons. The molecule has 3 rings (SSSR count). The molecule has 96 valence electrons. The molecule has 1 aliphatic heterocycles. The van der Waals surface area contributed by atoms with Gasteiger partial charge in [0.2, 0.25) is 0 Å². The third-order valence-corrected chi connectivity index (χ3v) is 3.05. The average Bonchev–Trinajstić information content (AvgIpc) is 2.43. The van der Waals surface area contributed by atoms with E-state index in [9.17, 15) is 9.18 Å². The van der Waals surface area contributed by atoms with Gasteiger partial charge in [-0.05, 0) is 17.7 Å². The lowest BCUT2D eigenvalue weighted by molar-refractivity contribution is -0.121. The molecule has 3 nitrogen and oxygen atoms in total. The number of nitrogens with zero attached hydrogens (tertiary/aromatic N) is 1. The number of rotatable bonds is 2. The minimum absolute atomic E-state index is 0.0523. The number of ether oxygens (including phenoxy) is 1. The SMILES string of the molecule is O=C1COc2cc(F)ccc2N1Cc1ccccc1. The molecule has 0 atom stereocenters. The summed E-state index contributed by atoms with van der Waals surface area (Å²) in [6.07, 6.45) is 0. The van der Waals surface area contributed by atoms with E-state index in [-0.39, 0.29) is 18.3 Å². The van der Waals surface area contributed by atoms with Crippen molar-refractivity contribution in [2.24, 2.45) is 0 Å². The molecule has 0 aliphatic carbocycles. The molecule has 0 saturated carbocycles. The van der Waals surface area contributed by atoms with Crippen molar-refractivity contribution >= 4 is 11.6 Å². The quantitative estimate of drug-likeness (QED) is 0.828. The molecule has 0 aromatic heterocycles. The number of fused-ring (bicyclic) bond motifs is 1. The van der Waals surface area contributed by atoms with Crippen LogP contribution >= 0.6 is 0 Å². The lowest BCUT2D eigenvalue weighted by Gasteiger charge is -2.29. The van der Waals surface area contributed by atoms with Crippen molar-refractivity contribution in [3.63, 3.8) is 0 Å². The molecular weight excluding hydrogens is 245 g/mol. The standard InChI is InChI=1S/C15H12FNO2/c16-12-6-7-13-14(8-12)19-10-15(18)17(13)9-11-4-2-1-3-5-11/h1-8H,9-10H2. The zero-order valence-corrected chi connectivity index (χ0v) is 10.2. The lowest BCUT2D eigenvalue weighted by atomic mass is 10.1. The fraction of sp³-hybridized carbons (Fsp3) is 0.133. The van der Waals surface area contributed by atoms with E-state index in [1.54, 1.807) is 11.0 Å². The summed E-state index contributed by atoms with van der Waals surface area (Å²) in [5, 5.41) is 0. The molecule has 0 fully saturated rings. The van der Waals surface area contributed by atoms with Gasteiger partial charge in [0, 0.05) is 6.07 Å². The third-order valence-electron chi connectivity index (χ3n) is 3.05. The Labute approximate surface area is 110 Å². The van der Waals surface area contributed by atoms with Crippen molar-refractivity contribution in [2.45, 2.75) is 6.54 Å². The predicted molar refractivity (Wildman–Crippen MR) is 69.5 cm³/mol. The minimum atomic E-state index is -0.368. The topological polar surface area (TPSA) is 29.5 Å². The van der Waals surface area contributed by atoms with Gasteiger partial charge in [-0.1, -0.05) is 30.3 Å². The molecule has 1 amide bonds. The number of benzene rings is 2. The monoisotopic (exact) mass is 257 g/mol. The second kappa shape index (κ2) is 4.72. The van der Waals surface area contributed by atoms with Crippen molar-refractivity contribution in [3.05, 3.63) is 59.9 Å². The van der Waals surface area contributed by atoms with E-state index in [0.29, 0.717) is 18.0 Å². The zero-order chi connectivity index (χ0) is 13.2. The van der Waals surface area contributed by atoms with Gasteiger partial charge in [-0.15, -0.1) is 0 Å². The smallest absolute Gasteiger partial charge is 0.265 e. The Bertz CT molecular complexity index is 613. The summed E-state index contributed by atoms with van der Waals surface area (Å²) in [6.45, 7) is 0.408. The number of carbonyl (C=O) groups excluding carboxylic acids is 1. The molecule has 4 heteroatoms. The number of halogens is 1. The lowest BCUT2D eigenvalue weighted by Crippen LogP contribution is -2.38. The Balaban J connectivity index is 1.95. The van der Waals surface area contributed by atoms with Gasteiger partial charge < -0.3 is 9.64 Å². The highest BCUT2D eigenvalue weighted by molar-refractivity contribution is 5.97. The van der Waals surface area contributed by atoms with Crippen LogP contribution in [0, 0.1) is 5.82 Å². The normalized spacial score (nSPS) is 13.9. The maximum atomic E-state index is 13.2. The van der Waals surface area contributed by atoms with E-state index in [0.717, 1.165) is 5.56 Å². The highest BCUT2D eigenvalue weighted by Crippen LogP contribution is 2.33. The number of carbonyl (C=O) groups is 1. The first-order valence-electron chi connectivity index (χ1n) is 6.01. The summed E-state index contributed by atoms with van der Waals surface area (Å²) in [5.41, 5.74) is 1.63. The predicted octanol–water partition coefficient (Wildman–Crippen LogP) is 2.75. The number of amides is 1. The Morgan fingerprint density at radius 2 is 1.95 bits per heavy atom. The largest absolute Gasteiger partial charge is 0.481 e. The van der Waals surface area contributed by atoms with E-state index in [1.165, 1.54) is 12.1 Å². The second-order valence-corrected chi connectivity index (χ2v) is 4.37. The molecule has 0 unspecified atom stereocenters. The van der Waals surface area contributed by atoms with Gasteiger partial charge in [0.1, 0.15) is 11.6 Å². The van der Waals surface area contributed by atoms with Crippen LogP contribution in [-0.2, 0) is 11.3 Å². The average molecular weight is 257 g/mol. The Hall–Kier alpha value is -2.36. The first-order valence-corrected chi connectivity index (χ1v) is 6.01. The van der Waals surface area contributed by atoms with Crippen molar-refractivity contribution in [1.29, 1.82) is 0 Å². The maximum Gasteiger partial charge on any atom is 0.265 e. The summed E-state index contributed by atoms with van der Waals surface area (Å²) in [7, 11) is 0. The van der Waals surface area contributed by atoms with Crippen molar-refractivity contribution in [2.75, 3.05) is 11.5 Å². The third kappa shape index (κ3) is 2.29. The molecule has 1 aliphatic rings. The van der Waals surface area contributed by atoms with Gasteiger partial charge >= 0.3 is 0 Å². The van der Waals surface area contributed by atoms with E-state index < -0.39 is 0 Å². The minimum Gasteiger partial charge on any atom is -0.481 e. The van der Waals surface area contributed by atoms with Crippen molar-refractivity contribution < 1.29 is 13.9 Å².